The average molecular weight is 807 g/mol. The Balaban J connectivity index is 0.00000302. The zero-order valence-electron chi connectivity index (χ0n) is 32.9. The molecule has 1 unspecified atom stereocenters. The molecule has 0 saturated heterocycles. The molecule has 0 spiro atoms. The third kappa shape index (κ3) is 8.14. The van der Waals surface area contributed by atoms with Crippen LogP contribution in [0.15, 0.2) is 119 Å². The van der Waals surface area contributed by atoms with E-state index in [1.165, 1.54) is 61.2 Å². The van der Waals surface area contributed by atoms with Gasteiger partial charge in [0, 0.05) is 0 Å². The summed E-state index contributed by atoms with van der Waals surface area (Å²) in [4.78, 5) is 0. The predicted molar refractivity (Wildman–Crippen MR) is 217 cm³/mol. The van der Waals surface area contributed by atoms with Crippen molar-refractivity contribution in [2.45, 2.75) is 90.1 Å². The fraction of sp³-hybridized carbons (Fsp3) is 0.327. The molecule has 0 heterocycles. The predicted octanol–water partition coefficient (Wildman–Crippen LogP) is 7.43. The van der Waals surface area contributed by atoms with Crippen molar-refractivity contribution in [2.24, 2.45) is 11.3 Å². The van der Waals surface area contributed by atoms with Crippen LogP contribution >= 0.6 is 0 Å². The summed E-state index contributed by atoms with van der Waals surface area (Å²) in [7, 11) is 0. The molecule has 0 saturated carbocycles. The van der Waals surface area contributed by atoms with E-state index in [0.717, 1.165) is 6.42 Å². The van der Waals surface area contributed by atoms with E-state index in [1.54, 1.807) is 6.49 Å². The number of hydrogen-bond donors (Lipinski definition) is 0. The Bertz CT molecular complexity index is 1930. The first-order valence-corrected chi connectivity index (χ1v) is 22.4. The van der Waals surface area contributed by atoms with Crippen LogP contribution in [0.4, 0.5) is 0 Å². The molecular formula is C49H56Cl2Zr. The largest absolute Gasteiger partial charge is 1.00 e. The Morgan fingerprint density at radius 1 is 0.615 bits per heavy atom. The van der Waals surface area contributed by atoms with Gasteiger partial charge in [-0.3, -0.25) is 0 Å². The van der Waals surface area contributed by atoms with Gasteiger partial charge in [0.15, 0.2) is 0 Å². The Labute approximate surface area is 335 Å². The Hall–Kier alpha value is -2.83. The maximum absolute atomic E-state index is 4.15. The van der Waals surface area contributed by atoms with Gasteiger partial charge in [-0.15, -0.1) is 0 Å². The third-order valence-electron chi connectivity index (χ3n) is 10.9. The van der Waals surface area contributed by atoms with Gasteiger partial charge in [0.1, 0.15) is 0 Å². The number of allylic oxidation sites excluding steroid dienone is 4. The third-order valence-corrected chi connectivity index (χ3v) is 19.4. The van der Waals surface area contributed by atoms with Gasteiger partial charge in [0.05, 0.1) is 0 Å². The average Bonchev–Trinajstić information content (AvgIpc) is 3.65. The van der Waals surface area contributed by atoms with E-state index in [2.05, 4.69) is 179 Å². The van der Waals surface area contributed by atoms with Gasteiger partial charge >= 0.3 is 313 Å². The van der Waals surface area contributed by atoms with Crippen LogP contribution in [0.5, 0.6) is 0 Å². The zero-order valence-corrected chi connectivity index (χ0v) is 36.9. The van der Waals surface area contributed by atoms with Crippen LogP contribution < -0.4 is 24.8 Å². The molecule has 270 valence electrons. The topological polar surface area (TPSA) is 0 Å². The number of fused-ring (bicyclic) bond motifs is 3. The van der Waals surface area contributed by atoms with Crippen molar-refractivity contribution in [3.05, 3.63) is 164 Å². The number of halogens is 2. The van der Waals surface area contributed by atoms with Crippen LogP contribution in [-0.2, 0) is 32.1 Å². The summed E-state index contributed by atoms with van der Waals surface area (Å²) in [6.45, 7) is 31.7. The van der Waals surface area contributed by atoms with Crippen molar-refractivity contribution in [3.63, 3.8) is 0 Å². The summed E-state index contributed by atoms with van der Waals surface area (Å²) in [6.07, 6.45) is 10.4. The monoisotopic (exact) mass is 804 g/mol. The summed E-state index contributed by atoms with van der Waals surface area (Å²) in [6, 6.07) is 33.5. The molecule has 0 aliphatic heterocycles. The van der Waals surface area contributed by atoms with Gasteiger partial charge in [-0.1, -0.05) is 0 Å². The van der Waals surface area contributed by atoms with Crippen molar-refractivity contribution < 1.29 is 46.1 Å². The maximum atomic E-state index is 4.15. The van der Waals surface area contributed by atoms with Crippen molar-refractivity contribution in [1.29, 1.82) is 0 Å². The molecule has 0 aromatic heterocycles. The van der Waals surface area contributed by atoms with Gasteiger partial charge in [-0.2, -0.15) is 0 Å². The summed E-state index contributed by atoms with van der Waals surface area (Å²) in [5.74, 6) is 0.448. The SMILES string of the molecule is C=Cc1ccc2c(c1)-c1cc(C=C)ccc1[CH]2[Zr+2]([C]1=CC(C(C)(C)C)=CC1CC)=[C](c1ccc(C(C)(C)C)cc1)c1ccc(C(C)(C)C)cc1.[Cl-].[Cl-]. The smallest absolute Gasteiger partial charge is 1.00 e. The van der Waals surface area contributed by atoms with Gasteiger partial charge in [-0.25, -0.2) is 0 Å². The van der Waals surface area contributed by atoms with E-state index in [4.69, 9.17) is 0 Å². The number of hydrogen-bond acceptors (Lipinski definition) is 0. The van der Waals surface area contributed by atoms with Gasteiger partial charge in [-0.05, 0) is 0 Å². The van der Waals surface area contributed by atoms with Crippen molar-refractivity contribution in [3.8, 4) is 11.1 Å². The van der Waals surface area contributed by atoms with Crippen LogP contribution in [0.1, 0.15) is 124 Å². The van der Waals surface area contributed by atoms with Gasteiger partial charge < -0.3 is 24.8 Å². The zero-order chi connectivity index (χ0) is 36.2. The van der Waals surface area contributed by atoms with Crippen molar-refractivity contribution >= 4 is 15.4 Å². The molecule has 4 aromatic carbocycles. The molecular weight excluding hydrogens is 751 g/mol. The molecule has 0 radical (unpaired) electrons. The minimum absolute atomic E-state index is 0. The quantitative estimate of drug-likeness (QED) is 0.183. The molecule has 4 aromatic rings. The van der Waals surface area contributed by atoms with Crippen LogP contribution in [-0.4, -0.2) is 3.21 Å². The van der Waals surface area contributed by atoms with E-state index in [-0.39, 0.29) is 41.1 Å². The second-order valence-electron chi connectivity index (χ2n) is 17.5. The second kappa shape index (κ2) is 15.9. The van der Waals surface area contributed by atoms with Crippen LogP contribution in [0.25, 0.3) is 23.3 Å². The molecule has 3 heteroatoms. The molecule has 0 nitrogen and oxygen atoms in total. The maximum Gasteiger partial charge on any atom is -1.00 e. The molecule has 6 rings (SSSR count). The van der Waals surface area contributed by atoms with Gasteiger partial charge in [0.2, 0.25) is 0 Å². The minimum Gasteiger partial charge on any atom is -1.00 e. The van der Waals surface area contributed by atoms with Crippen LogP contribution in [0.2, 0.25) is 0 Å². The molecule has 2 aliphatic carbocycles. The number of rotatable bonds is 7. The normalized spacial score (nSPS) is 15.2. The Morgan fingerprint density at radius 2 is 1.04 bits per heavy atom. The summed E-state index contributed by atoms with van der Waals surface area (Å²) < 4.78 is 3.66. The Morgan fingerprint density at radius 3 is 1.38 bits per heavy atom. The molecule has 52 heavy (non-hydrogen) atoms. The molecule has 0 amide bonds. The summed E-state index contributed by atoms with van der Waals surface area (Å²) >= 11 is -2.96. The van der Waals surface area contributed by atoms with E-state index in [1.807, 2.05) is 12.2 Å². The fourth-order valence-electron chi connectivity index (χ4n) is 7.77. The van der Waals surface area contributed by atoms with Crippen LogP contribution in [0, 0.1) is 11.3 Å². The Kier molecular flexibility index (Phi) is 12.8. The summed E-state index contributed by atoms with van der Waals surface area (Å²) in [5.41, 5.74) is 15.3. The van der Waals surface area contributed by atoms with Crippen LogP contribution in [0.3, 0.4) is 0 Å². The summed E-state index contributed by atoms with van der Waals surface area (Å²) in [5, 5.41) is 0. The first-order chi connectivity index (χ1) is 23.5. The number of benzene rings is 4. The van der Waals surface area contributed by atoms with Crippen molar-refractivity contribution in [1.82, 2.24) is 0 Å². The second-order valence-corrected chi connectivity index (χ2v) is 23.6. The first kappa shape index (κ1) is 41.9. The molecule has 1 atom stereocenters. The molecule has 0 fully saturated rings. The minimum atomic E-state index is -2.96. The van der Waals surface area contributed by atoms with E-state index in [9.17, 15) is 0 Å². The fourth-order valence-corrected chi connectivity index (χ4v) is 17.6. The first-order valence-electron chi connectivity index (χ1n) is 18.5. The molecule has 0 bridgehead atoms. The van der Waals surface area contributed by atoms with E-state index >= 15 is 0 Å². The molecule has 2 aliphatic rings. The van der Waals surface area contributed by atoms with Crippen molar-refractivity contribution in [2.75, 3.05) is 0 Å². The van der Waals surface area contributed by atoms with E-state index in [0.29, 0.717) is 9.54 Å². The standard InChI is InChI=1S/C21H26.C17H13.C11H17.2ClH.Zr/c1-20(2,3)18-11-7-16(8-12-18)15-17-9-13-19(14-10-17)21(4,5)6;1-3-12-5-7-14-11-15-8-6-13(4-2)10-17(15)16(14)9-12;1-5-9-6-7-10(8-9)11(2,3)4;;;/h7-14H,1-6H3;3-11H,1-2H2;7-9H,5H2,1-4H3;2*1H;/q;;;;;+2/p-2. The van der Waals surface area contributed by atoms with E-state index < -0.39 is 21.3 Å². The van der Waals surface area contributed by atoms with Gasteiger partial charge in [0.25, 0.3) is 0 Å². The molecule has 0 N–H and O–H groups in total.